The van der Waals surface area contributed by atoms with Gasteiger partial charge in [0, 0.05) is 12.4 Å². The molecule has 0 aliphatic rings. The Bertz CT molecular complexity index is 235. The molecule has 1 atom stereocenters. The van der Waals surface area contributed by atoms with Crippen molar-refractivity contribution in [1.29, 1.82) is 0 Å². The molecule has 1 aromatic heterocycles. The highest BCUT2D eigenvalue weighted by Crippen LogP contribution is 2.15. The van der Waals surface area contributed by atoms with Crippen LogP contribution in [0.15, 0.2) is 18.5 Å². The summed E-state index contributed by atoms with van der Waals surface area (Å²) >= 11 is 0. The van der Waals surface area contributed by atoms with Gasteiger partial charge in [-0.15, -0.1) is 0 Å². The molecule has 1 aromatic rings. The summed E-state index contributed by atoms with van der Waals surface area (Å²) in [5.41, 5.74) is 2.00. The molecular weight excluding hydrogens is 138 g/mol. The van der Waals surface area contributed by atoms with Crippen molar-refractivity contribution in [2.45, 2.75) is 26.4 Å². The molecule has 0 aliphatic heterocycles. The molecule has 0 fully saturated rings. The number of pyridine rings is 1. The van der Waals surface area contributed by atoms with E-state index < -0.39 is 0 Å². The number of aromatic nitrogens is 1. The highest BCUT2D eigenvalue weighted by Gasteiger charge is 2.03. The van der Waals surface area contributed by atoms with Crippen LogP contribution in [0.5, 0.6) is 0 Å². The van der Waals surface area contributed by atoms with Crippen molar-refractivity contribution in [2.75, 3.05) is 0 Å². The molecule has 0 aliphatic carbocycles. The van der Waals surface area contributed by atoms with E-state index in [-0.39, 0.29) is 6.10 Å². The molecular formula is C9H13NO. The van der Waals surface area contributed by atoms with Crippen LogP contribution in [0, 0.1) is 6.92 Å². The van der Waals surface area contributed by atoms with Gasteiger partial charge in [-0.1, -0.05) is 13.0 Å². The average Bonchev–Trinajstić information content (AvgIpc) is 2.03. The summed E-state index contributed by atoms with van der Waals surface area (Å²) < 4.78 is 0. The van der Waals surface area contributed by atoms with Gasteiger partial charge in [0.25, 0.3) is 0 Å². The molecule has 2 nitrogen and oxygen atoms in total. The van der Waals surface area contributed by atoms with E-state index in [1.54, 1.807) is 12.4 Å². The summed E-state index contributed by atoms with van der Waals surface area (Å²) in [6, 6.07) is 1.96. The molecule has 1 N–H and O–H groups in total. The number of hydrogen-bond donors (Lipinski definition) is 1. The van der Waals surface area contributed by atoms with E-state index in [4.69, 9.17) is 0 Å². The van der Waals surface area contributed by atoms with Crippen molar-refractivity contribution in [3.05, 3.63) is 29.6 Å². The Morgan fingerprint density at radius 2 is 2.27 bits per heavy atom. The maximum Gasteiger partial charge on any atom is 0.0802 e. The molecule has 0 saturated carbocycles. The summed E-state index contributed by atoms with van der Waals surface area (Å²) in [6.45, 7) is 3.92. The van der Waals surface area contributed by atoms with Gasteiger partial charge in [-0.05, 0) is 24.5 Å². The highest BCUT2D eigenvalue weighted by molar-refractivity contribution is 5.18. The van der Waals surface area contributed by atoms with Crippen LogP contribution in [0.2, 0.25) is 0 Å². The smallest absolute Gasteiger partial charge is 0.0802 e. The maximum atomic E-state index is 9.41. The van der Waals surface area contributed by atoms with Crippen molar-refractivity contribution >= 4 is 0 Å². The molecule has 1 rings (SSSR count). The molecule has 0 saturated heterocycles. The molecule has 0 bridgehead atoms. The lowest BCUT2D eigenvalue weighted by Gasteiger charge is -2.06. The third kappa shape index (κ3) is 2.02. The minimum absolute atomic E-state index is 0.359. The van der Waals surface area contributed by atoms with Gasteiger partial charge in [-0.2, -0.15) is 0 Å². The summed E-state index contributed by atoms with van der Waals surface area (Å²) in [4.78, 5) is 3.99. The van der Waals surface area contributed by atoms with Gasteiger partial charge in [-0.25, -0.2) is 0 Å². The molecule has 0 spiro atoms. The van der Waals surface area contributed by atoms with E-state index in [0.29, 0.717) is 0 Å². The lowest BCUT2D eigenvalue weighted by molar-refractivity contribution is 0.173. The van der Waals surface area contributed by atoms with Gasteiger partial charge in [-0.3, -0.25) is 4.98 Å². The Morgan fingerprint density at radius 3 is 2.82 bits per heavy atom. The quantitative estimate of drug-likeness (QED) is 0.699. The van der Waals surface area contributed by atoms with E-state index in [9.17, 15) is 5.11 Å². The van der Waals surface area contributed by atoms with E-state index in [0.717, 1.165) is 17.5 Å². The molecule has 1 heterocycles. The number of aliphatic hydroxyl groups is 1. The van der Waals surface area contributed by atoms with E-state index >= 15 is 0 Å². The van der Waals surface area contributed by atoms with Crippen LogP contribution in [0.25, 0.3) is 0 Å². The van der Waals surface area contributed by atoms with Crippen molar-refractivity contribution in [3.63, 3.8) is 0 Å². The molecule has 0 amide bonds. The van der Waals surface area contributed by atoms with Crippen LogP contribution in [0.4, 0.5) is 0 Å². The zero-order valence-electron chi connectivity index (χ0n) is 6.91. The Kier molecular flexibility index (Phi) is 2.60. The van der Waals surface area contributed by atoms with Gasteiger partial charge in [0.1, 0.15) is 0 Å². The van der Waals surface area contributed by atoms with Gasteiger partial charge < -0.3 is 5.11 Å². The van der Waals surface area contributed by atoms with Crippen LogP contribution in [-0.4, -0.2) is 10.1 Å². The van der Waals surface area contributed by atoms with Gasteiger partial charge >= 0.3 is 0 Å². The SMILES string of the molecule is CCC(O)c1cncc(C)c1. The summed E-state index contributed by atoms with van der Waals surface area (Å²) in [5, 5.41) is 9.41. The molecule has 2 heteroatoms. The standard InChI is InChI=1S/C9H13NO/c1-3-9(11)8-4-7(2)5-10-6-8/h4-6,9,11H,3H2,1-2H3. The third-order valence-electron chi connectivity index (χ3n) is 1.67. The minimum Gasteiger partial charge on any atom is -0.388 e. The fraction of sp³-hybridized carbons (Fsp3) is 0.444. The van der Waals surface area contributed by atoms with Crippen molar-refractivity contribution < 1.29 is 5.11 Å². The summed E-state index contributed by atoms with van der Waals surface area (Å²) in [6.07, 6.45) is 3.88. The molecule has 1 unspecified atom stereocenters. The molecule has 0 radical (unpaired) electrons. The lowest BCUT2D eigenvalue weighted by atomic mass is 10.1. The van der Waals surface area contributed by atoms with Crippen LogP contribution in [-0.2, 0) is 0 Å². The second-order valence-corrected chi connectivity index (χ2v) is 2.72. The van der Waals surface area contributed by atoms with Gasteiger partial charge in [0.05, 0.1) is 6.10 Å². The summed E-state index contributed by atoms with van der Waals surface area (Å²) in [5.74, 6) is 0. The molecule has 0 aromatic carbocycles. The average molecular weight is 151 g/mol. The topological polar surface area (TPSA) is 33.1 Å². The van der Waals surface area contributed by atoms with Gasteiger partial charge in [0.2, 0.25) is 0 Å². The van der Waals surface area contributed by atoms with Crippen LogP contribution < -0.4 is 0 Å². The largest absolute Gasteiger partial charge is 0.388 e. The monoisotopic (exact) mass is 151 g/mol. The second-order valence-electron chi connectivity index (χ2n) is 2.72. The first-order valence-corrected chi connectivity index (χ1v) is 3.83. The molecule has 60 valence electrons. The first-order chi connectivity index (χ1) is 5.24. The summed E-state index contributed by atoms with van der Waals surface area (Å²) in [7, 11) is 0. The number of rotatable bonds is 2. The first-order valence-electron chi connectivity index (χ1n) is 3.83. The number of aliphatic hydroxyl groups excluding tert-OH is 1. The van der Waals surface area contributed by atoms with Crippen LogP contribution in [0.1, 0.15) is 30.6 Å². The van der Waals surface area contributed by atoms with E-state index in [1.165, 1.54) is 0 Å². The number of hydrogen-bond acceptors (Lipinski definition) is 2. The fourth-order valence-electron chi connectivity index (χ4n) is 0.996. The normalized spacial score (nSPS) is 13.0. The van der Waals surface area contributed by atoms with Crippen molar-refractivity contribution in [1.82, 2.24) is 4.98 Å². The van der Waals surface area contributed by atoms with Crippen molar-refractivity contribution in [2.24, 2.45) is 0 Å². The van der Waals surface area contributed by atoms with Crippen molar-refractivity contribution in [3.8, 4) is 0 Å². The van der Waals surface area contributed by atoms with Crippen LogP contribution in [0.3, 0.4) is 0 Å². The highest BCUT2D eigenvalue weighted by atomic mass is 16.3. The maximum absolute atomic E-state index is 9.41. The Labute approximate surface area is 66.9 Å². The molecule has 11 heavy (non-hydrogen) atoms. The van der Waals surface area contributed by atoms with Gasteiger partial charge in [0.15, 0.2) is 0 Å². The Morgan fingerprint density at radius 1 is 1.55 bits per heavy atom. The minimum atomic E-state index is -0.359. The first kappa shape index (κ1) is 8.21. The number of nitrogens with zero attached hydrogens (tertiary/aromatic N) is 1. The predicted octanol–water partition coefficient (Wildman–Crippen LogP) is 1.83. The zero-order valence-corrected chi connectivity index (χ0v) is 6.91. The predicted molar refractivity (Wildman–Crippen MR) is 44.2 cm³/mol. The fourth-order valence-corrected chi connectivity index (χ4v) is 0.996. The zero-order chi connectivity index (χ0) is 8.27. The van der Waals surface area contributed by atoms with E-state index in [2.05, 4.69) is 4.98 Å². The Hall–Kier alpha value is -0.890. The third-order valence-corrected chi connectivity index (χ3v) is 1.67. The number of aryl methyl sites for hydroxylation is 1. The van der Waals surface area contributed by atoms with Crippen LogP contribution >= 0.6 is 0 Å². The Balaban J connectivity index is 2.86. The van der Waals surface area contributed by atoms with E-state index in [1.807, 2.05) is 19.9 Å². The second kappa shape index (κ2) is 3.49. The lowest BCUT2D eigenvalue weighted by Crippen LogP contribution is -1.95.